The third-order valence-electron chi connectivity index (χ3n) is 4.90. The second-order valence-corrected chi connectivity index (χ2v) is 6.92. The standard InChI is InChI=1S/C19H22F3N3O.ClH/c1-11-7-15(5-3-12-8-14(23)9-12)24-25-18(11)16-6-4-13(19(20,21)22)10-17(16)26-2;/h4,6-7,10,12,14H,3,5,8-9,23H2,1-2H3;1H. The van der Waals surface area contributed by atoms with Crippen molar-refractivity contribution in [3.8, 4) is 17.0 Å². The first-order chi connectivity index (χ1) is 12.3. The lowest BCUT2D eigenvalue weighted by Crippen LogP contribution is -2.36. The molecule has 8 heteroatoms. The molecular formula is C19H23ClF3N3O. The van der Waals surface area contributed by atoms with Crippen LogP contribution in [0.15, 0.2) is 24.3 Å². The van der Waals surface area contributed by atoms with E-state index in [-0.39, 0.29) is 18.2 Å². The molecule has 1 aromatic heterocycles. The summed E-state index contributed by atoms with van der Waals surface area (Å²) in [7, 11) is 1.35. The van der Waals surface area contributed by atoms with Crippen molar-refractivity contribution in [2.75, 3.05) is 7.11 Å². The molecule has 3 rings (SSSR count). The van der Waals surface area contributed by atoms with Gasteiger partial charge in [-0.1, -0.05) is 0 Å². The van der Waals surface area contributed by atoms with Crippen molar-refractivity contribution in [1.29, 1.82) is 0 Å². The van der Waals surface area contributed by atoms with Crippen LogP contribution in [0.3, 0.4) is 0 Å². The number of nitrogens with zero attached hydrogens (tertiary/aromatic N) is 2. The zero-order valence-electron chi connectivity index (χ0n) is 15.2. The smallest absolute Gasteiger partial charge is 0.416 e. The number of aromatic nitrogens is 2. The molecule has 4 nitrogen and oxygen atoms in total. The van der Waals surface area contributed by atoms with Crippen molar-refractivity contribution in [2.45, 2.75) is 44.8 Å². The summed E-state index contributed by atoms with van der Waals surface area (Å²) in [4.78, 5) is 0. The Labute approximate surface area is 162 Å². The van der Waals surface area contributed by atoms with E-state index in [0.717, 1.165) is 49.1 Å². The molecule has 1 aromatic carbocycles. The molecule has 2 N–H and O–H groups in total. The molecule has 1 heterocycles. The van der Waals surface area contributed by atoms with Gasteiger partial charge in [0.25, 0.3) is 0 Å². The van der Waals surface area contributed by atoms with E-state index in [2.05, 4.69) is 10.2 Å². The maximum absolute atomic E-state index is 12.9. The van der Waals surface area contributed by atoms with E-state index in [0.29, 0.717) is 23.2 Å². The first kappa shape index (κ1) is 21.4. The van der Waals surface area contributed by atoms with Crippen LogP contribution in [-0.4, -0.2) is 23.3 Å². The molecule has 148 valence electrons. The average Bonchev–Trinajstić information content (AvgIpc) is 2.56. The fourth-order valence-corrected chi connectivity index (χ4v) is 3.37. The number of halogens is 4. The molecule has 0 saturated heterocycles. The highest BCUT2D eigenvalue weighted by molar-refractivity contribution is 5.85. The van der Waals surface area contributed by atoms with Gasteiger partial charge in [0.05, 0.1) is 24.1 Å². The van der Waals surface area contributed by atoms with E-state index in [1.807, 2.05) is 13.0 Å². The van der Waals surface area contributed by atoms with Crippen LogP contribution in [0.25, 0.3) is 11.3 Å². The third-order valence-corrected chi connectivity index (χ3v) is 4.90. The molecule has 0 aliphatic heterocycles. The van der Waals surface area contributed by atoms with Gasteiger partial charge >= 0.3 is 6.18 Å². The highest BCUT2D eigenvalue weighted by Crippen LogP contribution is 2.37. The van der Waals surface area contributed by atoms with Gasteiger partial charge in [-0.2, -0.15) is 18.3 Å². The number of aryl methyl sites for hydroxylation is 2. The summed E-state index contributed by atoms with van der Waals surface area (Å²) in [6.45, 7) is 1.88. The molecule has 0 spiro atoms. The fraction of sp³-hybridized carbons (Fsp3) is 0.474. The number of nitrogens with two attached hydrogens (primary N) is 1. The van der Waals surface area contributed by atoms with E-state index in [9.17, 15) is 13.2 Å². The number of ether oxygens (including phenoxy) is 1. The topological polar surface area (TPSA) is 61.0 Å². The molecule has 0 atom stereocenters. The lowest BCUT2D eigenvalue weighted by Gasteiger charge is -2.32. The molecule has 0 bridgehead atoms. The van der Waals surface area contributed by atoms with Crippen LogP contribution in [0, 0.1) is 12.8 Å². The molecule has 0 amide bonds. The number of hydrogen-bond acceptors (Lipinski definition) is 4. The molecule has 27 heavy (non-hydrogen) atoms. The summed E-state index contributed by atoms with van der Waals surface area (Å²) in [5, 5.41) is 8.50. The highest BCUT2D eigenvalue weighted by Gasteiger charge is 2.31. The number of alkyl halides is 3. The van der Waals surface area contributed by atoms with Gasteiger partial charge in [-0.15, -0.1) is 17.5 Å². The lowest BCUT2D eigenvalue weighted by atomic mass is 9.78. The maximum atomic E-state index is 12.9. The minimum Gasteiger partial charge on any atom is -0.496 e. The van der Waals surface area contributed by atoms with Gasteiger partial charge in [0.15, 0.2) is 0 Å². The van der Waals surface area contributed by atoms with Gasteiger partial charge in [-0.05, 0) is 68.4 Å². The van der Waals surface area contributed by atoms with Gasteiger partial charge in [-0.3, -0.25) is 0 Å². The van der Waals surface area contributed by atoms with E-state index in [1.54, 1.807) is 0 Å². The Balaban J connectivity index is 0.00000261. The Hall–Kier alpha value is -1.86. The van der Waals surface area contributed by atoms with Crippen molar-refractivity contribution in [3.63, 3.8) is 0 Å². The van der Waals surface area contributed by atoms with Crippen molar-refractivity contribution in [1.82, 2.24) is 10.2 Å². The first-order valence-corrected chi connectivity index (χ1v) is 8.62. The van der Waals surface area contributed by atoms with Crippen LogP contribution in [0.5, 0.6) is 5.75 Å². The predicted octanol–water partition coefficient (Wildman–Crippen LogP) is 4.57. The van der Waals surface area contributed by atoms with Crippen LogP contribution in [0.2, 0.25) is 0 Å². The Bertz CT molecular complexity index is 792. The van der Waals surface area contributed by atoms with E-state index >= 15 is 0 Å². The van der Waals surface area contributed by atoms with Crippen LogP contribution in [-0.2, 0) is 12.6 Å². The van der Waals surface area contributed by atoms with Gasteiger partial charge < -0.3 is 10.5 Å². The van der Waals surface area contributed by atoms with Gasteiger partial charge in [0.1, 0.15) is 5.75 Å². The number of methoxy groups -OCH3 is 1. The SMILES string of the molecule is COc1cc(C(F)(F)F)ccc1-c1nnc(CCC2CC(N)C2)cc1C.Cl. The van der Waals surface area contributed by atoms with E-state index in [4.69, 9.17) is 10.5 Å². The van der Waals surface area contributed by atoms with Gasteiger partial charge in [0, 0.05) is 11.6 Å². The Morgan fingerprint density at radius 2 is 1.89 bits per heavy atom. The average molecular weight is 402 g/mol. The van der Waals surface area contributed by atoms with Crippen molar-refractivity contribution in [3.05, 3.63) is 41.1 Å². The summed E-state index contributed by atoms with van der Waals surface area (Å²) in [5.74, 6) is 0.787. The van der Waals surface area contributed by atoms with E-state index < -0.39 is 11.7 Å². The first-order valence-electron chi connectivity index (χ1n) is 8.62. The van der Waals surface area contributed by atoms with Crippen molar-refractivity contribution >= 4 is 12.4 Å². The number of benzene rings is 1. The van der Waals surface area contributed by atoms with Gasteiger partial charge in [0.2, 0.25) is 0 Å². The lowest BCUT2D eigenvalue weighted by molar-refractivity contribution is -0.137. The maximum Gasteiger partial charge on any atom is 0.416 e. The molecule has 0 unspecified atom stereocenters. The van der Waals surface area contributed by atoms with Crippen molar-refractivity contribution < 1.29 is 17.9 Å². The van der Waals surface area contributed by atoms with Crippen LogP contribution < -0.4 is 10.5 Å². The normalized spacial score (nSPS) is 19.2. The minimum atomic E-state index is -4.42. The zero-order chi connectivity index (χ0) is 18.9. The molecule has 2 aromatic rings. The molecule has 1 aliphatic rings. The minimum absolute atomic E-state index is 0. The van der Waals surface area contributed by atoms with Crippen LogP contribution >= 0.6 is 12.4 Å². The fourth-order valence-electron chi connectivity index (χ4n) is 3.37. The quantitative estimate of drug-likeness (QED) is 0.797. The highest BCUT2D eigenvalue weighted by atomic mass is 35.5. The Morgan fingerprint density at radius 1 is 1.19 bits per heavy atom. The number of rotatable bonds is 5. The molecule has 1 aliphatic carbocycles. The summed E-state index contributed by atoms with van der Waals surface area (Å²) in [6.07, 6.45) is -0.429. The van der Waals surface area contributed by atoms with Gasteiger partial charge in [-0.25, -0.2) is 0 Å². The van der Waals surface area contributed by atoms with Crippen LogP contribution in [0.4, 0.5) is 13.2 Å². The predicted molar refractivity (Wildman–Crippen MR) is 100 cm³/mol. The van der Waals surface area contributed by atoms with E-state index in [1.165, 1.54) is 13.2 Å². The molecule has 1 fully saturated rings. The summed E-state index contributed by atoms with van der Waals surface area (Å²) < 4.78 is 43.8. The zero-order valence-corrected chi connectivity index (χ0v) is 16.0. The third kappa shape index (κ3) is 4.90. The Morgan fingerprint density at radius 3 is 2.44 bits per heavy atom. The second kappa shape index (κ2) is 8.44. The molecule has 0 radical (unpaired) electrons. The van der Waals surface area contributed by atoms with Crippen LogP contribution in [0.1, 0.15) is 36.1 Å². The summed E-state index contributed by atoms with van der Waals surface area (Å²) >= 11 is 0. The monoisotopic (exact) mass is 401 g/mol. The summed E-state index contributed by atoms with van der Waals surface area (Å²) in [6, 6.07) is 5.69. The molecule has 1 saturated carbocycles. The Kier molecular flexibility index (Phi) is 6.70. The second-order valence-electron chi connectivity index (χ2n) is 6.92. The number of hydrogen-bond donors (Lipinski definition) is 1. The summed E-state index contributed by atoms with van der Waals surface area (Å²) in [5.41, 5.74) is 7.83. The molecular weight excluding hydrogens is 379 g/mol. The van der Waals surface area contributed by atoms with Crippen molar-refractivity contribution in [2.24, 2.45) is 11.7 Å². The largest absolute Gasteiger partial charge is 0.496 e.